The molecule has 0 saturated carbocycles. The van der Waals surface area contributed by atoms with Gasteiger partial charge in [-0.2, -0.15) is 18.3 Å². The molecule has 38 heavy (non-hydrogen) atoms. The number of hydrogen-bond acceptors (Lipinski definition) is 5. The van der Waals surface area contributed by atoms with E-state index < -0.39 is 65.8 Å². The minimum Gasteiger partial charge on any atom is -0.481 e. The quantitative estimate of drug-likeness (QED) is 0.238. The van der Waals surface area contributed by atoms with Gasteiger partial charge in [-0.1, -0.05) is 30.1 Å². The normalized spacial score (nSPS) is 13.7. The maximum Gasteiger partial charge on any atom is 0.433 e. The lowest BCUT2D eigenvalue weighted by Gasteiger charge is -2.28. The second-order valence-electron chi connectivity index (χ2n) is 9.50. The van der Waals surface area contributed by atoms with Crippen LogP contribution >= 0.6 is 23.2 Å². The maximum absolute atomic E-state index is 14.6. The number of amides is 1. The Hall–Kier alpha value is -2.73. The standard InChI is InChI=1S/C24H28Cl2F4N4O4/c1-5-14(22(37)38)7-6-13(2)34-20(24(28,29)30)15(8-32-34)21(36)33(12-23(3,4)27)11-18(35)19-16(25)9-31-10-17(19)26/h8-10,13-14H,5-7,11-12H2,1-4H3,(H,37,38)/t13-,14-/m0/s1. The summed E-state index contributed by atoms with van der Waals surface area (Å²) in [6.07, 6.45) is -1.63. The van der Waals surface area contributed by atoms with Gasteiger partial charge in [-0.05, 0) is 40.0 Å². The Bertz CT molecular complexity index is 1160. The highest BCUT2D eigenvalue weighted by Crippen LogP contribution is 2.36. The highest BCUT2D eigenvalue weighted by Gasteiger charge is 2.43. The molecule has 0 bridgehead atoms. The van der Waals surface area contributed by atoms with Crippen molar-refractivity contribution in [3.8, 4) is 0 Å². The van der Waals surface area contributed by atoms with Crippen LogP contribution in [-0.4, -0.2) is 61.2 Å². The van der Waals surface area contributed by atoms with Crippen LogP contribution in [0, 0.1) is 5.92 Å². The second-order valence-corrected chi connectivity index (χ2v) is 10.3. The first-order valence-electron chi connectivity index (χ1n) is 11.7. The van der Waals surface area contributed by atoms with Gasteiger partial charge >= 0.3 is 12.1 Å². The summed E-state index contributed by atoms with van der Waals surface area (Å²) >= 11 is 12.0. The van der Waals surface area contributed by atoms with Gasteiger partial charge in [0.1, 0.15) is 5.67 Å². The zero-order chi connectivity index (χ0) is 29.0. The fourth-order valence-electron chi connectivity index (χ4n) is 3.96. The first-order chi connectivity index (χ1) is 17.5. The number of aliphatic carboxylic acids is 1. The van der Waals surface area contributed by atoms with E-state index in [1.165, 1.54) is 6.92 Å². The van der Waals surface area contributed by atoms with Gasteiger partial charge in [-0.25, -0.2) is 4.39 Å². The number of halogens is 6. The number of aromatic nitrogens is 3. The van der Waals surface area contributed by atoms with Crippen molar-refractivity contribution in [2.45, 2.75) is 64.8 Å². The van der Waals surface area contributed by atoms with Crippen LogP contribution in [0.25, 0.3) is 0 Å². The fraction of sp³-hybridized carbons (Fsp3) is 0.542. The van der Waals surface area contributed by atoms with Gasteiger partial charge in [-0.15, -0.1) is 0 Å². The monoisotopic (exact) mass is 582 g/mol. The molecule has 0 spiro atoms. The molecule has 0 aliphatic carbocycles. The zero-order valence-corrected chi connectivity index (χ0v) is 22.7. The Labute approximate surface area is 226 Å². The molecular weight excluding hydrogens is 555 g/mol. The topological polar surface area (TPSA) is 105 Å². The molecule has 8 nitrogen and oxygen atoms in total. The van der Waals surface area contributed by atoms with Crippen LogP contribution in [-0.2, 0) is 11.0 Å². The molecule has 1 amide bonds. The molecule has 0 fully saturated rings. The molecule has 14 heteroatoms. The van der Waals surface area contributed by atoms with E-state index in [1.54, 1.807) is 6.92 Å². The van der Waals surface area contributed by atoms with E-state index in [-0.39, 0.29) is 28.5 Å². The van der Waals surface area contributed by atoms with Crippen molar-refractivity contribution in [2.75, 3.05) is 13.1 Å². The predicted octanol–water partition coefficient (Wildman–Crippen LogP) is 6.13. The summed E-state index contributed by atoms with van der Waals surface area (Å²) in [5, 5.41) is 12.7. The lowest BCUT2D eigenvalue weighted by Crippen LogP contribution is -2.43. The molecule has 2 rings (SSSR count). The summed E-state index contributed by atoms with van der Waals surface area (Å²) in [5.74, 6) is -3.90. The van der Waals surface area contributed by atoms with Crippen molar-refractivity contribution < 1.29 is 37.1 Å². The molecule has 0 aliphatic rings. The Morgan fingerprint density at radius 3 is 2.13 bits per heavy atom. The molecule has 0 aromatic carbocycles. The summed E-state index contributed by atoms with van der Waals surface area (Å²) in [6.45, 7) is 3.76. The summed E-state index contributed by atoms with van der Waals surface area (Å²) in [5.41, 5.74) is -4.54. The molecule has 0 radical (unpaired) electrons. The fourth-order valence-corrected chi connectivity index (χ4v) is 4.53. The number of ketones is 1. The minimum absolute atomic E-state index is 0.0436. The molecule has 2 aromatic rings. The van der Waals surface area contributed by atoms with Crippen LogP contribution in [0.15, 0.2) is 18.6 Å². The Morgan fingerprint density at radius 2 is 1.66 bits per heavy atom. The Morgan fingerprint density at radius 1 is 1.08 bits per heavy atom. The van der Waals surface area contributed by atoms with Crippen LogP contribution in [0.1, 0.15) is 79.4 Å². The number of nitrogens with zero attached hydrogens (tertiary/aromatic N) is 4. The summed E-state index contributed by atoms with van der Waals surface area (Å²) in [6, 6.07) is -0.913. The first-order valence-corrected chi connectivity index (χ1v) is 12.4. The highest BCUT2D eigenvalue weighted by atomic mass is 35.5. The highest BCUT2D eigenvalue weighted by molar-refractivity contribution is 6.39. The zero-order valence-electron chi connectivity index (χ0n) is 21.2. The third-order valence-corrected chi connectivity index (χ3v) is 6.38. The Balaban J connectivity index is 2.47. The SMILES string of the molecule is CC[C@@H](CC[C@H](C)n1ncc(C(=O)N(CC(=O)c2c(Cl)cncc2Cl)CC(C)(C)F)c1C(F)(F)F)C(=O)O. The van der Waals surface area contributed by atoms with Crippen molar-refractivity contribution in [3.63, 3.8) is 0 Å². The van der Waals surface area contributed by atoms with Crippen molar-refractivity contribution >= 4 is 40.9 Å². The number of hydrogen-bond donors (Lipinski definition) is 1. The van der Waals surface area contributed by atoms with Crippen LogP contribution < -0.4 is 0 Å². The van der Waals surface area contributed by atoms with E-state index in [0.29, 0.717) is 22.2 Å². The molecule has 2 heterocycles. The number of carbonyl (C=O) groups excluding carboxylic acids is 2. The second kappa shape index (κ2) is 12.4. The van der Waals surface area contributed by atoms with Crippen molar-refractivity contribution in [1.29, 1.82) is 0 Å². The van der Waals surface area contributed by atoms with Gasteiger partial charge in [0.15, 0.2) is 11.5 Å². The molecule has 0 saturated heterocycles. The number of carboxylic acids is 1. The number of carboxylic acid groups (broad SMARTS) is 1. The maximum atomic E-state index is 14.6. The first kappa shape index (κ1) is 31.5. The number of Topliss-reactive ketones (excluding diaryl/α,β-unsaturated/α-hetero) is 1. The van der Waals surface area contributed by atoms with Gasteiger partial charge in [0.25, 0.3) is 5.91 Å². The molecule has 2 aromatic heterocycles. The van der Waals surface area contributed by atoms with Crippen LogP contribution in [0.5, 0.6) is 0 Å². The summed E-state index contributed by atoms with van der Waals surface area (Å²) in [7, 11) is 0. The van der Waals surface area contributed by atoms with Crippen LogP contribution in [0.2, 0.25) is 10.0 Å². The average molecular weight is 583 g/mol. The molecule has 0 unspecified atom stereocenters. The van der Waals surface area contributed by atoms with Gasteiger partial charge < -0.3 is 10.0 Å². The van der Waals surface area contributed by atoms with Gasteiger partial charge in [0, 0.05) is 18.4 Å². The van der Waals surface area contributed by atoms with E-state index in [1.807, 2.05) is 0 Å². The Kier molecular flexibility index (Phi) is 10.3. The smallest absolute Gasteiger partial charge is 0.433 e. The number of alkyl halides is 4. The van der Waals surface area contributed by atoms with Crippen LogP contribution in [0.3, 0.4) is 0 Å². The van der Waals surface area contributed by atoms with E-state index in [4.69, 9.17) is 23.2 Å². The van der Waals surface area contributed by atoms with E-state index in [0.717, 1.165) is 26.2 Å². The number of rotatable bonds is 12. The van der Waals surface area contributed by atoms with Gasteiger partial charge in [0.2, 0.25) is 0 Å². The van der Waals surface area contributed by atoms with Crippen molar-refractivity contribution in [2.24, 2.45) is 5.92 Å². The lowest BCUT2D eigenvalue weighted by molar-refractivity contribution is -0.146. The minimum atomic E-state index is -5.04. The summed E-state index contributed by atoms with van der Waals surface area (Å²) < 4.78 is 57.8. The molecule has 2 atom stereocenters. The van der Waals surface area contributed by atoms with Gasteiger partial charge in [-0.3, -0.25) is 24.0 Å². The van der Waals surface area contributed by atoms with E-state index in [2.05, 4.69) is 10.1 Å². The largest absolute Gasteiger partial charge is 0.481 e. The lowest BCUT2D eigenvalue weighted by atomic mass is 9.98. The van der Waals surface area contributed by atoms with E-state index >= 15 is 0 Å². The van der Waals surface area contributed by atoms with Crippen LogP contribution in [0.4, 0.5) is 17.6 Å². The number of carbonyl (C=O) groups is 3. The third kappa shape index (κ3) is 7.89. The van der Waals surface area contributed by atoms with Gasteiger partial charge in [0.05, 0.1) is 46.4 Å². The molecule has 210 valence electrons. The number of pyridine rings is 1. The average Bonchev–Trinajstić information content (AvgIpc) is 3.23. The van der Waals surface area contributed by atoms with E-state index in [9.17, 15) is 37.1 Å². The predicted molar refractivity (Wildman–Crippen MR) is 132 cm³/mol. The van der Waals surface area contributed by atoms with Crippen molar-refractivity contribution in [1.82, 2.24) is 19.7 Å². The third-order valence-electron chi connectivity index (χ3n) is 5.81. The molecule has 0 aliphatic heterocycles. The van der Waals surface area contributed by atoms with Crippen molar-refractivity contribution in [3.05, 3.63) is 45.5 Å². The molecular formula is C24H28Cl2F4N4O4. The summed E-state index contributed by atoms with van der Waals surface area (Å²) in [4.78, 5) is 42.0. The molecule has 1 N–H and O–H groups in total.